The third-order valence-corrected chi connectivity index (χ3v) is 3.75. The maximum absolute atomic E-state index is 10.2. The van der Waals surface area contributed by atoms with E-state index < -0.39 is 11.6 Å². The molecule has 0 bridgehead atoms. The van der Waals surface area contributed by atoms with Gasteiger partial charge in [-0.1, -0.05) is 6.08 Å². The summed E-state index contributed by atoms with van der Waals surface area (Å²) in [5, 5.41) is 21.4. The molecular formula is C12H23NO2. The van der Waals surface area contributed by atoms with E-state index in [1.54, 1.807) is 6.08 Å². The van der Waals surface area contributed by atoms with E-state index in [0.717, 1.165) is 12.8 Å². The van der Waals surface area contributed by atoms with E-state index in [-0.39, 0.29) is 11.5 Å². The average Bonchev–Trinajstić information content (AvgIpc) is 2.14. The zero-order valence-corrected chi connectivity index (χ0v) is 10.2. The number of hydrogen-bond donors (Lipinski definition) is 2. The monoisotopic (exact) mass is 213 g/mol. The van der Waals surface area contributed by atoms with Crippen LogP contribution in [0.1, 0.15) is 40.5 Å². The lowest BCUT2D eigenvalue weighted by Gasteiger charge is -2.53. The fraction of sp³-hybridized carbons (Fsp3) is 0.833. The van der Waals surface area contributed by atoms with Crippen molar-refractivity contribution in [3.63, 3.8) is 0 Å². The molecule has 0 saturated carbocycles. The first-order valence-corrected chi connectivity index (χ1v) is 5.53. The highest BCUT2D eigenvalue weighted by Crippen LogP contribution is 2.42. The Balaban J connectivity index is 2.93. The molecule has 1 aliphatic rings. The standard InChI is InChI=1S/C12H23NO2/c1-6-10(14)9-7-8-11(2,3)13(15)12(9,4)5/h6,9-10,14-15H,1,7-8H2,2-5H3. The zero-order chi connectivity index (χ0) is 11.9. The fourth-order valence-corrected chi connectivity index (χ4v) is 2.66. The molecule has 0 spiro atoms. The molecule has 0 aliphatic carbocycles. The third kappa shape index (κ3) is 2.10. The van der Waals surface area contributed by atoms with Gasteiger partial charge in [-0.05, 0) is 40.5 Å². The van der Waals surface area contributed by atoms with Crippen molar-refractivity contribution >= 4 is 0 Å². The lowest BCUT2D eigenvalue weighted by Crippen LogP contribution is -2.62. The van der Waals surface area contributed by atoms with Crippen LogP contribution in [0.2, 0.25) is 0 Å². The molecule has 0 aromatic carbocycles. The molecule has 3 nitrogen and oxygen atoms in total. The number of piperidine rings is 1. The minimum absolute atomic E-state index is 0.0352. The van der Waals surface area contributed by atoms with Gasteiger partial charge in [-0.3, -0.25) is 0 Å². The van der Waals surface area contributed by atoms with Crippen molar-refractivity contribution in [3.05, 3.63) is 12.7 Å². The van der Waals surface area contributed by atoms with Gasteiger partial charge in [-0.25, -0.2) is 0 Å². The molecule has 1 heterocycles. The van der Waals surface area contributed by atoms with Crippen molar-refractivity contribution in [3.8, 4) is 0 Å². The van der Waals surface area contributed by atoms with E-state index in [0.29, 0.717) is 0 Å². The van der Waals surface area contributed by atoms with Crippen LogP contribution in [0.25, 0.3) is 0 Å². The van der Waals surface area contributed by atoms with Crippen molar-refractivity contribution in [2.75, 3.05) is 0 Å². The van der Waals surface area contributed by atoms with Crippen molar-refractivity contribution in [2.45, 2.75) is 57.7 Å². The Kier molecular flexibility index (Phi) is 3.29. The molecule has 0 amide bonds. The number of nitrogens with zero attached hydrogens (tertiary/aromatic N) is 1. The van der Waals surface area contributed by atoms with Crippen LogP contribution in [0.5, 0.6) is 0 Å². The molecule has 0 aromatic heterocycles. The van der Waals surface area contributed by atoms with Crippen LogP contribution in [0.3, 0.4) is 0 Å². The molecule has 1 fully saturated rings. The SMILES string of the molecule is C=CC(O)C1CCC(C)(C)N(O)C1(C)C. The Morgan fingerprint density at radius 1 is 1.40 bits per heavy atom. The van der Waals surface area contributed by atoms with Crippen molar-refractivity contribution in [1.29, 1.82) is 0 Å². The summed E-state index contributed by atoms with van der Waals surface area (Å²) in [6.07, 6.45) is 2.79. The summed E-state index contributed by atoms with van der Waals surface area (Å²) in [4.78, 5) is 0. The first kappa shape index (κ1) is 12.7. The highest BCUT2D eigenvalue weighted by atomic mass is 16.5. The van der Waals surface area contributed by atoms with Crippen LogP contribution in [0.4, 0.5) is 0 Å². The predicted octanol–water partition coefficient (Wildman–Crippen LogP) is 2.19. The minimum atomic E-state index is -0.550. The quantitative estimate of drug-likeness (QED) is 0.691. The second kappa shape index (κ2) is 3.89. The highest BCUT2D eigenvalue weighted by Gasteiger charge is 2.48. The minimum Gasteiger partial charge on any atom is -0.389 e. The van der Waals surface area contributed by atoms with E-state index in [2.05, 4.69) is 6.58 Å². The topological polar surface area (TPSA) is 43.7 Å². The zero-order valence-electron chi connectivity index (χ0n) is 10.2. The van der Waals surface area contributed by atoms with Crippen molar-refractivity contribution in [1.82, 2.24) is 5.06 Å². The largest absolute Gasteiger partial charge is 0.389 e. The molecule has 3 heteroatoms. The average molecular weight is 213 g/mol. The number of aliphatic hydroxyl groups excluding tert-OH is 1. The van der Waals surface area contributed by atoms with E-state index in [4.69, 9.17) is 0 Å². The molecule has 2 unspecified atom stereocenters. The molecule has 0 aromatic rings. The summed E-state index contributed by atoms with van der Waals surface area (Å²) in [5.41, 5.74) is -0.643. The summed E-state index contributed by atoms with van der Waals surface area (Å²) in [6, 6.07) is 0. The first-order chi connectivity index (χ1) is 6.73. The van der Waals surface area contributed by atoms with Gasteiger partial charge in [0.2, 0.25) is 0 Å². The maximum Gasteiger partial charge on any atom is 0.0764 e. The fourth-order valence-electron chi connectivity index (χ4n) is 2.66. The van der Waals surface area contributed by atoms with E-state index in [1.165, 1.54) is 5.06 Å². The molecule has 2 atom stereocenters. The predicted molar refractivity (Wildman–Crippen MR) is 60.7 cm³/mol. The molecule has 1 rings (SSSR count). The van der Waals surface area contributed by atoms with Crippen LogP contribution >= 0.6 is 0 Å². The molecule has 1 aliphatic heterocycles. The van der Waals surface area contributed by atoms with E-state index in [9.17, 15) is 10.3 Å². The lowest BCUT2D eigenvalue weighted by molar-refractivity contribution is -0.265. The Labute approximate surface area is 92.4 Å². The number of rotatable bonds is 2. The van der Waals surface area contributed by atoms with Gasteiger partial charge in [0.25, 0.3) is 0 Å². The summed E-state index contributed by atoms with van der Waals surface area (Å²) >= 11 is 0. The maximum atomic E-state index is 10.2. The number of aliphatic hydroxyl groups is 1. The number of hydroxylamine groups is 2. The number of hydrogen-bond acceptors (Lipinski definition) is 3. The van der Waals surface area contributed by atoms with Gasteiger partial charge in [-0.15, -0.1) is 6.58 Å². The van der Waals surface area contributed by atoms with Gasteiger partial charge in [0.15, 0.2) is 0 Å². The van der Waals surface area contributed by atoms with Crippen molar-refractivity contribution < 1.29 is 10.3 Å². The van der Waals surface area contributed by atoms with Gasteiger partial charge < -0.3 is 10.3 Å². The Bertz CT molecular complexity index is 248. The highest BCUT2D eigenvalue weighted by molar-refractivity contribution is 5.03. The van der Waals surface area contributed by atoms with Crippen molar-refractivity contribution in [2.24, 2.45) is 5.92 Å². The molecule has 2 N–H and O–H groups in total. The lowest BCUT2D eigenvalue weighted by atomic mass is 9.71. The summed E-state index contributed by atoms with van der Waals surface area (Å²) in [6.45, 7) is 11.6. The first-order valence-electron chi connectivity index (χ1n) is 5.53. The molecule has 88 valence electrons. The van der Waals surface area contributed by atoms with Gasteiger partial charge in [0, 0.05) is 17.0 Å². The molecule has 1 saturated heterocycles. The molecule has 15 heavy (non-hydrogen) atoms. The van der Waals surface area contributed by atoms with Gasteiger partial charge >= 0.3 is 0 Å². The summed E-state index contributed by atoms with van der Waals surface area (Å²) in [7, 11) is 0. The van der Waals surface area contributed by atoms with Crippen LogP contribution in [0, 0.1) is 5.92 Å². The van der Waals surface area contributed by atoms with Gasteiger partial charge in [0.1, 0.15) is 0 Å². The molecule has 0 radical (unpaired) electrons. The second-order valence-electron chi connectivity index (χ2n) is 5.65. The summed E-state index contributed by atoms with van der Waals surface area (Å²) < 4.78 is 0. The smallest absolute Gasteiger partial charge is 0.0764 e. The third-order valence-electron chi connectivity index (χ3n) is 3.75. The van der Waals surface area contributed by atoms with Gasteiger partial charge in [0.05, 0.1) is 6.10 Å². The Hall–Kier alpha value is -0.380. The van der Waals surface area contributed by atoms with Crippen LogP contribution in [0.15, 0.2) is 12.7 Å². The Morgan fingerprint density at radius 2 is 1.93 bits per heavy atom. The van der Waals surface area contributed by atoms with E-state index in [1.807, 2.05) is 27.7 Å². The Morgan fingerprint density at radius 3 is 2.40 bits per heavy atom. The van der Waals surface area contributed by atoms with Gasteiger partial charge in [-0.2, -0.15) is 5.06 Å². The van der Waals surface area contributed by atoms with Crippen LogP contribution < -0.4 is 0 Å². The summed E-state index contributed by atoms with van der Waals surface area (Å²) in [5.74, 6) is 0.0352. The second-order valence-corrected chi connectivity index (χ2v) is 5.65. The van der Waals surface area contributed by atoms with Crippen LogP contribution in [-0.2, 0) is 0 Å². The normalized spacial score (nSPS) is 32.3. The van der Waals surface area contributed by atoms with Crippen LogP contribution in [-0.4, -0.2) is 32.6 Å². The van der Waals surface area contributed by atoms with E-state index >= 15 is 0 Å². The molecular weight excluding hydrogens is 190 g/mol.